The maximum atomic E-state index is 13.9. The summed E-state index contributed by atoms with van der Waals surface area (Å²) in [5.74, 6) is -1.92. The summed E-state index contributed by atoms with van der Waals surface area (Å²) in [6.45, 7) is 1.97. The largest absolute Gasteiger partial charge is 0.365 e. The Hall–Kier alpha value is -2.76. The van der Waals surface area contributed by atoms with Gasteiger partial charge in [-0.05, 0) is 47.9 Å². The summed E-state index contributed by atoms with van der Waals surface area (Å²) >= 11 is 6.03. The van der Waals surface area contributed by atoms with Crippen molar-refractivity contribution in [2.75, 3.05) is 0 Å². The van der Waals surface area contributed by atoms with Crippen molar-refractivity contribution in [2.24, 2.45) is 0 Å². The van der Waals surface area contributed by atoms with E-state index in [1.807, 2.05) is 49.4 Å². The molecular weight excluding hydrogens is 432 g/mol. The van der Waals surface area contributed by atoms with Crippen LogP contribution in [0.25, 0.3) is 0 Å². The maximum Gasteiger partial charge on any atom is 0.224 e. The molecule has 0 unspecified atom stereocenters. The molecule has 32 heavy (non-hydrogen) atoms. The molecule has 1 aliphatic rings. The highest BCUT2D eigenvalue weighted by molar-refractivity contribution is 6.30. The highest BCUT2D eigenvalue weighted by Crippen LogP contribution is 2.44. The predicted molar refractivity (Wildman–Crippen MR) is 120 cm³/mol. The second kappa shape index (κ2) is 9.39. The summed E-state index contributed by atoms with van der Waals surface area (Å²) in [7, 11) is 0. The zero-order valence-corrected chi connectivity index (χ0v) is 18.4. The molecule has 1 amide bonds. The van der Waals surface area contributed by atoms with E-state index in [2.05, 4.69) is 5.32 Å². The summed E-state index contributed by atoms with van der Waals surface area (Å²) < 4.78 is 33.7. The molecule has 1 N–H and O–H groups in total. The molecule has 3 nitrogen and oxygen atoms in total. The first-order valence-corrected chi connectivity index (χ1v) is 10.9. The van der Waals surface area contributed by atoms with E-state index in [1.165, 1.54) is 6.07 Å². The highest BCUT2D eigenvalue weighted by atomic mass is 35.5. The first-order valence-electron chi connectivity index (χ1n) is 10.5. The lowest BCUT2D eigenvalue weighted by atomic mass is 9.81. The minimum atomic E-state index is -0.922. The van der Waals surface area contributed by atoms with Crippen LogP contribution in [-0.4, -0.2) is 11.4 Å². The summed E-state index contributed by atoms with van der Waals surface area (Å²) in [5.41, 5.74) is 1.76. The molecule has 0 radical (unpaired) electrons. The molecule has 0 saturated carbocycles. The van der Waals surface area contributed by atoms with Gasteiger partial charge in [0.1, 0.15) is 0 Å². The summed E-state index contributed by atoms with van der Waals surface area (Å²) in [6, 6.07) is 20.6. The van der Waals surface area contributed by atoms with Crippen LogP contribution in [0.1, 0.15) is 48.7 Å². The van der Waals surface area contributed by atoms with Gasteiger partial charge in [-0.25, -0.2) is 8.78 Å². The van der Waals surface area contributed by atoms with Crippen LogP contribution < -0.4 is 5.32 Å². The SMILES string of the molecule is C[C@]1(NC(=O)Cc2ccccc2)C[C@@H](c2ccc(Cl)cc2)O[C@@H](c2ccc(F)c(F)c2)C1. The van der Waals surface area contributed by atoms with E-state index in [-0.39, 0.29) is 18.4 Å². The average molecular weight is 456 g/mol. The van der Waals surface area contributed by atoms with Gasteiger partial charge in [-0.1, -0.05) is 60.1 Å². The van der Waals surface area contributed by atoms with Crippen molar-refractivity contribution < 1.29 is 18.3 Å². The number of ether oxygens (including phenoxy) is 1. The molecule has 1 aliphatic heterocycles. The first kappa shape index (κ1) is 22.4. The van der Waals surface area contributed by atoms with Crippen molar-refractivity contribution in [1.82, 2.24) is 5.32 Å². The molecule has 0 aliphatic carbocycles. The molecule has 166 valence electrons. The van der Waals surface area contributed by atoms with Gasteiger partial charge < -0.3 is 10.1 Å². The fourth-order valence-electron chi connectivity index (χ4n) is 4.24. The third kappa shape index (κ3) is 5.34. The van der Waals surface area contributed by atoms with E-state index in [1.54, 1.807) is 12.1 Å². The number of rotatable bonds is 5. The van der Waals surface area contributed by atoms with Gasteiger partial charge >= 0.3 is 0 Å². The van der Waals surface area contributed by atoms with Crippen LogP contribution in [0.5, 0.6) is 0 Å². The van der Waals surface area contributed by atoms with E-state index < -0.39 is 23.3 Å². The number of amides is 1. The number of hydrogen-bond donors (Lipinski definition) is 1. The number of hydrogen-bond acceptors (Lipinski definition) is 2. The molecule has 3 aromatic carbocycles. The monoisotopic (exact) mass is 455 g/mol. The summed E-state index contributed by atoms with van der Waals surface area (Å²) in [5, 5.41) is 3.78. The van der Waals surface area contributed by atoms with E-state index in [4.69, 9.17) is 16.3 Å². The predicted octanol–water partition coefficient (Wildman–Crippen LogP) is 6.33. The molecule has 4 rings (SSSR count). The second-order valence-corrected chi connectivity index (χ2v) is 8.95. The molecule has 1 fully saturated rings. The van der Waals surface area contributed by atoms with Crippen LogP contribution in [0, 0.1) is 11.6 Å². The molecule has 0 spiro atoms. The number of carbonyl (C=O) groups excluding carboxylic acids is 1. The van der Waals surface area contributed by atoms with Gasteiger partial charge in [-0.3, -0.25) is 4.79 Å². The lowest BCUT2D eigenvalue weighted by Crippen LogP contribution is -2.51. The summed E-state index contributed by atoms with van der Waals surface area (Å²) in [4.78, 5) is 12.8. The van der Waals surface area contributed by atoms with Gasteiger partial charge in [-0.15, -0.1) is 0 Å². The van der Waals surface area contributed by atoms with Crippen LogP contribution in [0.15, 0.2) is 72.8 Å². The van der Waals surface area contributed by atoms with Gasteiger partial charge in [0.05, 0.1) is 18.6 Å². The maximum absolute atomic E-state index is 13.9. The molecule has 3 aromatic rings. The molecule has 3 atom stereocenters. The van der Waals surface area contributed by atoms with Crippen molar-refractivity contribution >= 4 is 17.5 Å². The van der Waals surface area contributed by atoms with Crippen LogP contribution >= 0.6 is 11.6 Å². The zero-order valence-electron chi connectivity index (χ0n) is 17.7. The Kier molecular flexibility index (Phi) is 6.58. The van der Waals surface area contributed by atoms with Crippen molar-refractivity contribution in [1.29, 1.82) is 0 Å². The van der Waals surface area contributed by atoms with E-state index in [0.717, 1.165) is 23.3 Å². The quantitative estimate of drug-likeness (QED) is 0.488. The Balaban J connectivity index is 1.60. The lowest BCUT2D eigenvalue weighted by molar-refractivity contribution is -0.128. The van der Waals surface area contributed by atoms with E-state index in [9.17, 15) is 13.6 Å². The van der Waals surface area contributed by atoms with E-state index >= 15 is 0 Å². The third-order valence-corrected chi connectivity index (χ3v) is 6.06. The number of carbonyl (C=O) groups is 1. The molecule has 0 bridgehead atoms. The van der Waals surface area contributed by atoms with Crippen LogP contribution in [-0.2, 0) is 16.0 Å². The first-order chi connectivity index (χ1) is 15.3. The van der Waals surface area contributed by atoms with Crippen LogP contribution in [0.3, 0.4) is 0 Å². The Bertz CT molecular complexity index is 1090. The van der Waals surface area contributed by atoms with Crippen molar-refractivity contribution in [3.63, 3.8) is 0 Å². The topological polar surface area (TPSA) is 38.3 Å². The van der Waals surface area contributed by atoms with Crippen molar-refractivity contribution in [3.8, 4) is 0 Å². The number of nitrogens with one attached hydrogen (secondary N) is 1. The highest BCUT2D eigenvalue weighted by Gasteiger charge is 2.40. The van der Waals surface area contributed by atoms with Crippen LogP contribution in [0.4, 0.5) is 8.78 Å². The number of halogens is 3. The molecule has 0 aromatic heterocycles. The minimum Gasteiger partial charge on any atom is -0.365 e. The molecule has 1 saturated heterocycles. The standard InChI is InChI=1S/C26H24ClF2NO2/c1-26(30-25(31)13-17-5-3-2-4-6-17)15-23(18-7-10-20(27)11-8-18)32-24(16-26)19-9-12-21(28)22(29)14-19/h2-12,14,23-24H,13,15-16H2,1H3,(H,30,31)/t23-,24+,26-/m0/s1. The van der Waals surface area contributed by atoms with Gasteiger partial charge in [0.25, 0.3) is 0 Å². The van der Waals surface area contributed by atoms with Crippen molar-refractivity contribution in [2.45, 2.75) is 43.9 Å². The molecular formula is C26H24ClF2NO2. The lowest BCUT2D eigenvalue weighted by Gasteiger charge is -2.43. The average Bonchev–Trinajstić information content (AvgIpc) is 2.76. The third-order valence-electron chi connectivity index (χ3n) is 5.81. The normalized spacial score (nSPS) is 23.0. The van der Waals surface area contributed by atoms with E-state index in [0.29, 0.717) is 23.4 Å². The smallest absolute Gasteiger partial charge is 0.224 e. The van der Waals surface area contributed by atoms with Gasteiger partial charge in [-0.2, -0.15) is 0 Å². The fourth-order valence-corrected chi connectivity index (χ4v) is 4.37. The zero-order chi connectivity index (χ0) is 22.7. The fraction of sp³-hybridized carbons (Fsp3) is 0.269. The Morgan fingerprint density at radius 3 is 2.25 bits per heavy atom. The summed E-state index contributed by atoms with van der Waals surface area (Å²) in [6.07, 6.45) is 0.374. The van der Waals surface area contributed by atoms with Crippen molar-refractivity contribution in [3.05, 3.63) is 106 Å². The minimum absolute atomic E-state index is 0.0977. The van der Waals surface area contributed by atoms with Crippen LogP contribution in [0.2, 0.25) is 5.02 Å². The Morgan fingerprint density at radius 2 is 1.59 bits per heavy atom. The Morgan fingerprint density at radius 1 is 0.969 bits per heavy atom. The van der Waals surface area contributed by atoms with Gasteiger partial charge in [0.2, 0.25) is 5.91 Å². The molecule has 1 heterocycles. The Labute approximate surface area is 191 Å². The van der Waals surface area contributed by atoms with Gasteiger partial charge in [0.15, 0.2) is 11.6 Å². The molecule has 6 heteroatoms. The second-order valence-electron chi connectivity index (χ2n) is 8.52. The van der Waals surface area contributed by atoms with Gasteiger partial charge in [0, 0.05) is 23.4 Å². The number of benzene rings is 3.